The summed E-state index contributed by atoms with van der Waals surface area (Å²) in [5.41, 5.74) is 7.26. The zero-order valence-corrected chi connectivity index (χ0v) is 26.2. The van der Waals surface area contributed by atoms with Crippen molar-refractivity contribution in [2.75, 3.05) is 4.90 Å². The number of hydrogen-bond donors (Lipinski definition) is 0. The fourth-order valence-electron chi connectivity index (χ4n) is 7.35. The van der Waals surface area contributed by atoms with Crippen LogP contribution in [0.1, 0.15) is 0 Å². The van der Waals surface area contributed by atoms with E-state index < -0.39 is 0 Å². The Kier molecular flexibility index (Phi) is 5.78. The van der Waals surface area contributed by atoms with Crippen LogP contribution in [0, 0.1) is 0 Å². The molecule has 2 nitrogen and oxygen atoms in total. The summed E-state index contributed by atoms with van der Waals surface area (Å²) in [6.07, 6.45) is 0. The summed E-state index contributed by atoms with van der Waals surface area (Å²) in [4.78, 5) is 2.39. The lowest BCUT2D eigenvalue weighted by molar-refractivity contribution is 0.670. The van der Waals surface area contributed by atoms with Crippen LogP contribution in [0.2, 0.25) is 0 Å². The first-order valence-corrected chi connectivity index (χ1v) is 16.8. The van der Waals surface area contributed by atoms with Gasteiger partial charge in [0, 0.05) is 47.6 Å². The van der Waals surface area contributed by atoms with E-state index in [0.29, 0.717) is 0 Å². The summed E-state index contributed by atoms with van der Waals surface area (Å²) in [5.74, 6) is 0. The van der Waals surface area contributed by atoms with Gasteiger partial charge >= 0.3 is 0 Å². The van der Waals surface area contributed by atoms with Crippen molar-refractivity contribution in [1.82, 2.24) is 0 Å². The fourth-order valence-corrected chi connectivity index (χ4v) is 8.63. The molecule has 0 unspecified atom stereocenters. The number of thiophene rings is 1. The van der Waals surface area contributed by atoms with Gasteiger partial charge in [0.05, 0.1) is 11.4 Å². The van der Waals surface area contributed by atoms with E-state index in [-0.39, 0.29) is 0 Å². The Hall–Kier alpha value is -5.90. The molecule has 3 heteroatoms. The molecule has 0 saturated carbocycles. The maximum atomic E-state index is 6.95. The van der Waals surface area contributed by atoms with Crippen LogP contribution in [-0.2, 0) is 0 Å². The second-order valence-electron chi connectivity index (χ2n) is 12.1. The highest BCUT2D eigenvalue weighted by Crippen LogP contribution is 2.49. The average molecular weight is 618 g/mol. The van der Waals surface area contributed by atoms with Crippen LogP contribution in [-0.4, -0.2) is 0 Å². The van der Waals surface area contributed by atoms with E-state index in [2.05, 4.69) is 169 Å². The monoisotopic (exact) mass is 617 g/mol. The maximum absolute atomic E-state index is 6.95. The minimum atomic E-state index is 0.876. The standard InChI is InChI=1S/C44H27NOS/c1-3-13-28(14-4-1)31-21-11-22-35-36-23-12-24-38(43(36)46-42(31)35)45(30-16-5-2-6-17-30)39-27-40-41(34-20-10-9-19-33(34)39)37-26-25-29-15-7-8-18-32(29)44(37)47-40/h1-27H. The van der Waals surface area contributed by atoms with Crippen LogP contribution in [0.15, 0.2) is 168 Å². The van der Waals surface area contributed by atoms with Crippen LogP contribution >= 0.6 is 11.3 Å². The lowest BCUT2D eigenvalue weighted by Gasteiger charge is -2.27. The van der Waals surface area contributed by atoms with E-state index in [1.54, 1.807) is 0 Å². The molecule has 0 radical (unpaired) electrons. The van der Waals surface area contributed by atoms with Crippen molar-refractivity contribution >= 4 is 92.1 Å². The topological polar surface area (TPSA) is 16.4 Å². The van der Waals surface area contributed by atoms with Crippen molar-refractivity contribution in [3.63, 3.8) is 0 Å². The van der Waals surface area contributed by atoms with Crippen molar-refractivity contribution in [3.05, 3.63) is 164 Å². The van der Waals surface area contributed by atoms with E-state index in [0.717, 1.165) is 50.1 Å². The molecule has 2 aromatic heterocycles. The number of hydrogen-bond acceptors (Lipinski definition) is 3. The smallest absolute Gasteiger partial charge is 0.159 e. The summed E-state index contributed by atoms with van der Waals surface area (Å²) in [7, 11) is 0. The molecule has 0 N–H and O–H groups in total. The van der Waals surface area contributed by atoms with Crippen LogP contribution in [0.4, 0.5) is 17.1 Å². The van der Waals surface area contributed by atoms with E-state index >= 15 is 0 Å². The Morgan fingerprint density at radius 3 is 1.94 bits per heavy atom. The zero-order chi connectivity index (χ0) is 30.9. The highest BCUT2D eigenvalue weighted by Gasteiger charge is 2.23. The van der Waals surface area contributed by atoms with Gasteiger partial charge in [-0.05, 0) is 46.0 Å². The Balaban J connectivity index is 1.30. The third-order valence-corrected chi connectivity index (χ3v) is 10.6. The van der Waals surface area contributed by atoms with Gasteiger partial charge in [-0.3, -0.25) is 0 Å². The third kappa shape index (κ3) is 3.97. The molecular weight excluding hydrogens is 591 g/mol. The number of fused-ring (bicyclic) bond motifs is 10. The predicted molar refractivity (Wildman–Crippen MR) is 202 cm³/mol. The van der Waals surface area contributed by atoms with Gasteiger partial charge in [0.2, 0.25) is 0 Å². The highest BCUT2D eigenvalue weighted by molar-refractivity contribution is 7.27. The summed E-state index contributed by atoms with van der Waals surface area (Å²) in [6, 6.07) is 58.7. The molecule has 0 aliphatic rings. The summed E-state index contributed by atoms with van der Waals surface area (Å²) in [5, 5.41) is 9.89. The molecule has 0 spiro atoms. The van der Waals surface area contributed by atoms with Gasteiger partial charge in [-0.25, -0.2) is 0 Å². The summed E-state index contributed by atoms with van der Waals surface area (Å²) < 4.78 is 9.55. The summed E-state index contributed by atoms with van der Waals surface area (Å²) in [6.45, 7) is 0. The lowest BCUT2D eigenvalue weighted by Crippen LogP contribution is -2.10. The number of para-hydroxylation sites is 3. The Labute approximate surface area is 275 Å². The first-order chi connectivity index (χ1) is 23.3. The minimum absolute atomic E-state index is 0.876. The zero-order valence-electron chi connectivity index (χ0n) is 25.4. The Bertz CT molecular complexity index is 2790. The molecule has 2 heterocycles. The normalized spacial score (nSPS) is 11.8. The summed E-state index contributed by atoms with van der Waals surface area (Å²) >= 11 is 1.88. The molecule has 10 rings (SSSR count). The molecule has 0 aliphatic heterocycles. The van der Waals surface area contributed by atoms with E-state index in [9.17, 15) is 0 Å². The Morgan fingerprint density at radius 1 is 0.447 bits per heavy atom. The van der Waals surface area contributed by atoms with Crippen molar-refractivity contribution in [1.29, 1.82) is 0 Å². The molecule has 47 heavy (non-hydrogen) atoms. The number of anilines is 3. The molecule has 0 aliphatic carbocycles. The van der Waals surface area contributed by atoms with E-state index in [1.807, 2.05) is 11.3 Å². The molecule has 0 fully saturated rings. The largest absolute Gasteiger partial charge is 0.453 e. The predicted octanol–water partition coefficient (Wildman–Crippen LogP) is 13.4. The molecule has 0 amide bonds. The minimum Gasteiger partial charge on any atom is -0.453 e. The lowest BCUT2D eigenvalue weighted by atomic mass is 9.99. The van der Waals surface area contributed by atoms with Gasteiger partial charge < -0.3 is 9.32 Å². The first-order valence-electron chi connectivity index (χ1n) is 15.9. The molecule has 8 aromatic carbocycles. The second-order valence-corrected chi connectivity index (χ2v) is 13.1. The van der Waals surface area contributed by atoms with Crippen molar-refractivity contribution < 1.29 is 4.42 Å². The molecule has 0 saturated heterocycles. The van der Waals surface area contributed by atoms with E-state index in [1.165, 1.54) is 41.7 Å². The van der Waals surface area contributed by atoms with E-state index in [4.69, 9.17) is 4.42 Å². The van der Waals surface area contributed by atoms with Gasteiger partial charge in [0.15, 0.2) is 5.58 Å². The molecule has 10 aromatic rings. The molecule has 220 valence electrons. The molecule has 0 atom stereocenters. The van der Waals surface area contributed by atoms with Crippen LogP contribution < -0.4 is 4.90 Å². The first kappa shape index (κ1) is 26.3. The number of benzene rings is 8. The SMILES string of the molecule is c1ccc(-c2cccc3c2oc2c(N(c4ccccc4)c4cc5sc6c7ccccc7ccc6c5c5ccccc45)cccc23)cc1. The van der Waals surface area contributed by atoms with Gasteiger partial charge in [0.1, 0.15) is 5.58 Å². The van der Waals surface area contributed by atoms with Crippen LogP contribution in [0.5, 0.6) is 0 Å². The van der Waals surface area contributed by atoms with Crippen molar-refractivity contribution in [2.45, 2.75) is 0 Å². The number of rotatable bonds is 4. The average Bonchev–Trinajstić information content (AvgIpc) is 3.72. The third-order valence-electron chi connectivity index (χ3n) is 9.43. The number of furan rings is 1. The van der Waals surface area contributed by atoms with Gasteiger partial charge in [0.25, 0.3) is 0 Å². The number of nitrogens with zero attached hydrogens (tertiary/aromatic N) is 1. The molecule has 0 bridgehead atoms. The molecular formula is C44H27NOS. The van der Waals surface area contributed by atoms with Crippen molar-refractivity contribution in [3.8, 4) is 11.1 Å². The van der Waals surface area contributed by atoms with Gasteiger partial charge in [-0.2, -0.15) is 0 Å². The maximum Gasteiger partial charge on any atom is 0.159 e. The Morgan fingerprint density at radius 2 is 1.11 bits per heavy atom. The van der Waals surface area contributed by atoms with Crippen molar-refractivity contribution in [2.24, 2.45) is 0 Å². The second kappa shape index (κ2) is 10.3. The highest BCUT2D eigenvalue weighted by atomic mass is 32.1. The quantitative estimate of drug-likeness (QED) is 0.195. The van der Waals surface area contributed by atoms with Crippen LogP contribution in [0.25, 0.3) is 74.8 Å². The van der Waals surface area contributed by atoms with Gasteiger partial charge in [-0.15, -0.1) is 11.3 Å². The fraction of sp³-hybridized carbons (Fsp3) is 0. The van der Waals surface area contributed by atoms with Crippen LogP contribution in [0.3, 0.4) is 0 Å². The van der Waals surface area contributed by atoms with Gasteiger partial charge in [-0.1, -0.05) is 140 Å².